The van der Waals surface area contributed by atoms with Gasteiger partial charge in [-0.15, -0.1) is 0 Å². The van der Waals surface area contributed by atoms with Crippen LogP contribution in [0.3, 0.4) is 0 Å². The number of alkyl halides is 3. The van der Waals surface area contributed by atoms with Crippen LogP contribution < -0.4 is 15.8 Å². The summed E-state index contributed by atoms with van der Waals surface area (Å²) < 4.78 is 50.7. The molecule has 10 nitrogen and oxygen atoms in total. The molecule has 2 aliphatic heterocycles. The second-order valence-corrected chi connectivity index (χ2v) is 8.61. The molecule has 13 heteroatoms. The lowest BCUT2D eigenvalue weighted by molar-refractivity contribution is -0.220. The molecule has 0 aromatic carbocycles. The molecule has 1 aromatic rings. The van der Waals surface area contributed by atoms with Crippen molar-refractivity contribution >= 4 is 17.6 Å². The smallest absolute Gasteiger partial charge is 0.375 e. The van der Waals surface area contributed by atoms with Crippen molar-refractivity contribution in [2.75, 3.05) is 44.2 Å². The van der Waals surface area contributed by atoms with Crippen molar-refractivity contribution in [3.8, 4) is 6.07 Å². The number of rotatable bonds is 8. The number of nitrogens with zero attached hydrogens (tertiary/aromatic N) is 4. The second kappa shape index (κ2) is 11.7. The standard InChI is InChI=1S/C22H29F3N6O4/c1-14(34-13-15(2)35-17-12-28-29-21(33)20(17)22(23,24)25)9-19(32)31-7-5-30(6-8-31)18-4-3-16(10-26)11-27-18/h3-4,11,14-15,17,20,28H,5-9,12-13H2,1-2H3,(H,29,33)/t14?,15-,17?,20?/m1/s1. The van der Waals surface area contributed by atoms with Gasteiger partial charge in [0.25, 0.3) is 0 Å². The third-order valence-electron chi connectivity index (χ3n) is 5.84. The molecule has 2 N–H and O–H groups in total. The first-order chi connectivity index (χ1) is 16.6. The Morgan fingerprint density at radius 2 is 1.97 bits per heavy atom. The number of nitrogens with one attached hydrogen (secondary N) is 2. The van der Waals surface area contributed by atoms with Crippen molar-refractivity contribution in [1.29, 1.82) is 5.26 Å². The summed E-state index contributed by atoms with van der Waals surface area (Å²) in [7, 11) is 0. The van der Waals surface area contributed by atoms with Crippen LogP contribution >= 0.6 is 0 Å². The van der Waals surface area contributed by atoms with Crippen molar-refractivity contribution in [2.45, 2.75) is 44.8 Å². The van der Waals surface area contributed by atoms with Gasteiger partial charge in [0.15, 0.2) is 5.92 Å². The Kier molecular flexibility index (Phi) is 8.87. The fourth-order valence-corrected chi connectivity index (χ4v) is 3.98. The van der Waals surface area contributed by atoms with Crippen molar-refractivity contribution < 1.29 is 32.2 Å². The fourth-order valence-electron chi connectivity index (χ4n) is 3.98. The Bertz CT molecular complexity index is 915. The predicted octanol–water partition coefficient (Wildman–Crippen LogP) is 0.984. The molecular weight excluding hydrogens is 469 g/mol. The van der Waals surface area contributed by atoms with E-state index in [0.717, 1.165) is 5.82 Å². The fraction of sp³-hybridized carbons (Fsp3) is 0.636. The molecule has 4 atom stereocenters. The normalized spacial score (nSPS) is 22.8. The molecule has 0 aliphatic carbocycles. The maximum absolute atomic E-state index is 13.2. The number of ether oxygens (including phenoxy) is 2. The van der Waals surface area contributed by atoms with Gasteiger partial charge in [-0.2, -0.15) is 18.4 Å². The van der Waals surface area contributed by atoms with E-state index in [1.165, 1.54) is 6.20 Å². The van der Waals surface area contributed by atoms with Crippen LogP contribution in [0, 0.1) is 17.2 Å². The van der Waals surface area contributed by atoms with Crippen molar-refractivity contribution in [3.63, 3.8) is 0 Å². The van der Waals surface area contributed by atoms with Crippen LogP contribution in [-0.2, 0) is 19.1 Å². The van der Waals surface area contributed by atoms with E-state index < -0.39 is 36.3 Å². The maximum Gasteiger partial charge on any atom is 0.403 e. The molecule has 2 saturated heterocycles. The molecule has 2 fully saturated rings. The van der Waals surface area contributed by atoms with Crippen LogP contribution in [0.25, 0.3) is 0 Å². The van der Waals surface area contributed by atoms with Crippen LogP contribution in [0.15, 0.2) is 18.3 Å². The van der Waals surface area contributed by atoms with E-state index in [9.17, 15) is 22.8 Å². The van der Waals surface area contributed by atoms with Gasteiger partial charge in [0.05, 0.1) is 36.9 Å². The Morgan fingerprint density at radius 3 is 2.57 bits per heavy atom. The lowest BCUT2D eigenvalue weighted by Crippen LogP contribution is -2.60. The highest BCUT2D eigenvalue weighted by molar-refractivity contribution is 5.80. The molecule has 1 aromatic heterocycles. The van der Waals surface area contributed by atoms with Crippen molar-refractivity contribution in [2.24, 2.45) is 5.92 Å². The number of anilines is 1. The van der Waals surface area contributed by atoms with Crippen LogP contribution in [0.1, 0.15) is 25.8 Å². The summed E-state index contributed by atoms with van der Waals surface area (Å²) in [6, 6.07) is 5.51. The van der Waals surface area contributed by atoms with Crippen LogP contribution in [0.5, 0.6) is 0 Å². The first-order valence-corrected chi connectivity index (χ1v) is 11.3. The molecule has 0 radical (unpaired) electrons. The SMILES string of the molecule is CC(CC(=O)N1CCN(c2ccc(C#N)cn2)CC1)OC[C@@H](C)OC1CNNC(=O)C1C(F)(F)F. The molecule has 3 unspecified atom stereocenters. The molecule has 3 heterocycles. The molecule has 0 saturated carbocycles. The van der Waals surface area contributed by atoms with Gasteiger partial charge >= 0.3 is 6.18 Å². The topological polar surface area (TPSA) is 120 Å². The zero-order chi connectivity index (χ0) is 25.6. The first-order valence-electron chi connectivity index (χ1n) is 11.3. The lowest BCUT2D eigenvalue weighted by Gasteiger charge is -2.36. The van der Waals surface area contributed by atoms with Crippen LogP contribution in [0.4, 0.5) is 19.0 Å². The average Bonchev–Trinajstić information content (AvgIpc) is 2.82. The summed E-state index contributed by atoms with van der Waals surface area (Å²) in [5.74, 6) is -2.77. The van der Waals surface area contributed by atoms with Gasteiger partial charge < -0.3 is 19.3 Å². The number of hydrogen-bond donors (Lipinski definition) is 2. The molecule has 0 bridgehead atoms. The minimum atomic E-state index is -4.72. The summed E-state index contributed by atoms with van der Waals surface area (Å²) in [6.45, 7) is 5.32. The zero-order valence-corrected chi connectivity index (χ0v) is 19.5. The molecule has 0 spiro atoms. The Morgan fingerprint density at radius 1 is 1.26 bits per heavy atom. The van der Waals surface area contributed by atoms with Gasteiger partial charge in [-0.1, -0.05) is 0 Å². The number of hydrazine groups is 1. The van der Waals surface area contributed by atoms with E-state index in [1.54, 1.807) is 30.9 Å². The van der Waals surface area contributed by atoms with Gasteiger partial charge in [-0.05, 0) is 26.0 Å². The van der Waals surface area contributed by atoms with Crippen molar-refractivity contribution in [3.05, 3.63) is 23.9 Å². The number of pyridine rings is 1. The minimum absolute atomic E-state index is 0.0186. The van der Waals surface area contributed by atoms with Gasteiger partial charge in [0.2, 0.25) is 11.8 Å². The van der Waals surface area contributed by atoms with Crippen molar-refractivity contribution in [1.82, 2.24) is 20.7 Å². The van der Waals surface area contributed by atoms with E-state index in [1.807, 2.05) is 16.4 Å². The maximum atomic E-state index is 13.2. The molecule has 35 heavy (non-hydrogen) atoms. The highest BCUT2D eigenvalue weighted by Crippen LogP contribution is 2.32. The zero-order valence-electron chi connectivity index (χ0n) is 19.5. The Hall–Kier alpha value is -2.95. The van der Waals surface area contributed by atoms with Gasteiger partial charge in [-0.3, -0.25) is 15.0 Å². The highest BCUT2D eigenvalue weighted by atomic mass is 19.4. The molecule has 192 valence electrons. The lowest BCUT2D eigenvalue weighted by atomic mass is 9.99. The monoisotopic (exact) mass is 498 g/mol. The summed E-state index contributed by atoms with van der Waals surface area (Å²) >= 11 is 0. The first kappa shape index (κ1) is 26.7. The van der Waals surface area contributed by atoms with Gasteiger partial charge in [-0.25, -0.2) is 10.4 Å². The number of halogens is 3. The summed E-state index contributed by atoms with van der Waals surface area (Å²) in [6.07, 6.45) is -5.63. The third-order valence-corrected chi connectivity index (χ3v) is 5.84. The molecule has 3 rings (SSSR count). The predicted molar refractivity (Wildman–Crippen MR) is 118 cm³/mol. The number of nitriles is 1. The van der Waals surface area contributed by atoms with E-state index in [0.29, 0.717) is 31.7 Å². The minimum Gasteiger partial charge on any atom is -0.375 e. The Labute approximate surface area is 201 Å². The number of piperazine rings is 1. The van der Waals surface area contributed by atoms with Crippen LogP contribution in [0.2, 0.25) is 0 Å². The quantitative estimate of drug-likeness (QED) is 0.545. The number of hydrogen-bond acceptors (Lipinski definition) is 8. The van der Waals surface area contributed by atoms with E-state index in [2.05, 4.69) is 10.4 Å². The molecule has 2 aliphatic rings. The van der Waals surface area contributed by atoms with Crippen LogP contribution in [-0.4, -0.2) is 85.5 Å². The summed E-state index contributed by atoms with van der Waals surface area (Å²) in [5, 5.41) is 8.88. The summed E-state index contributed by atoms with van der Waals surface area (Å²) in [5.41, 5.74) is 4.87. The van der Waals surface area contributed by atoms with Gasteiger partial charge in [0.1, 0.15) is 11.9 Å². The molecular formula is C22H29F3N6O4. The Balaban J connectivity index is 1.40. The van der Waals surface area contributed by atoms with E-state index in [4.69, 9.17) is 14.7 Å². The average molecular weight is 499 g/mol. The summed E-state index contributed by atoms with van der Waals surface area (Å²) in [4.78, 5) is 32.3. The van der Waals surface area contributed by atoms with E-state index >= 15 is 0 Å². The van der Waals surface area contributed by atoms with E-state index in [-0.39, 0.29) is 25.5 Å². The largest absolute Gasteiger partial charge is 0.403 e. The number of carbonyl (C=O) groups excluding carboxylic acids is 2. The van der Waals surface area contributed by atoms with Gasteiger partial charge in [0, 0.05) is 38.9 Å². The second-order valence-electron chi connectivity index (χ2n) is 8.61. The number of amides is 2. The highest BCUT2D eigenvalue weighted by Gasteiger charge is 2.52. The third kappa shape index (κ3) is 7.27. The number of carbonyl (C=O) groups is 2. The molecule has 2 amide bonds. The number of aromatic nitrogens is 1.